The van der Waals surface area contributed by atoms with Gasteiger partial charge < -0.3 is 10.6 Å². The van der Waals surface area contributed by atoms with Crippen LogP contribution in [0.5, 0.6) is 0 Å². The summed E-state index contributed by atoms with van der Waals surface area (Å²) in [5, 5.41) is 0. The van der Waals surface area contributed by atoms with Crippen molar-refractivity contribution in [2.75, 3.05) is 13.1 Å². The second-order valence-corrected chi connectivity index (χ2v) is 6.92. The van der Waals surface area contributed by atoms with Crippen LogP contribution in [0.3, 0.4) is 0 Å². The van der Waals surface area contributed by atoms with E-state index in [1.54, 1.807) is 0 Å². The summed E-state index contributed by atoms with van der Waals surface area (Å²) in [4.78, 5) is 17.4. The van der Waals surface area contributed by atoms with Crippen molar-refractivity contribution in [2.24, 2.45) is 11.7 Å². The summed E-state index contributed by atoms with van der Waals surface area (Å²) in [5.41, 5.74) is 5.81. The number of nitrogens with zero attached hydrogens (tertiary/aromatic N) is 2. The highest BCUT2D eigenvalue weighted by molar-refractivity contribution is 5.82. The Hall–Kier alpha value is -0.610. The van der Waals surface area contributed by atoms with Crippen LogP contribution in [-0.2, 0) is 4.79 Å². The Morgan fingerprint density at radius 3 is 2.20 bits per heavy atom. The molecule has 2 rings (SSSR count). The van der Waals surface area contributed by atoms with E-state index in [4.69, 9.17) is 5.73 Å². The lowest BCUT2D eigenvalue weighted by Crippen LogP contribution is -2.55. The van der Waals surface area contributed by atoms with Gasteiger partial charge >= 0.3 is 0 Å². The number of carbonyl (C=O) groups is 1. The second-order valence-electron chi connectivity index (χ2n) is 6.92. The maximum Gasteiger partial charge on any atom is 0.239 e. The third kappa shape index (κ3) is 3.01. The number of nitrogens with two attached hydrogens (primary N) is 1. The van der Waals surface area contributed by atoms with Crippen LogP contribution in [-0.4, -0.2) is 53.0 Å². The number of likely N-dealkylation sites (tertiary alicyclic amines) is 2. The summed E-state index contributed by atoms with van der Waals surface area (Å²) in [6.07, 6.45) is 4.66. The van der Waals surface area contributed by atoms with Gasteiger partial charge in [-0.05, 0) is 65.8 Å². The zero-order valence-corrected chi connectivity index (χ0v) is 13.5. The molecule has 5 unspecified atom stereocenters. The minimum Gasteiger partial charge on any atom is -0.338 e. The smallest absolute Gasteiger partial charge is 0.239 e. The molecule has 4 heteroatoms. The molecule has 5 atom stereocenters. The van der Waals surface area contributed by atoms with Crippen molar-refractivity contribution in [2.45, 2.75) is 77.5 Å². The largest absolute Gasteiger partial charge is 0.338 e. The topological polar surface area (TPSA) is 49.6 Å². The van der Waals surface area contributed by atoms with E-state index in [1.807, 2.05) is 0 Å². The van der Waals surface area contributed by atoms with Gasteiger partial charge in [-0.2, -0.15) is 0 Å². The predicted molar refractivity (Wildman–Crippen MR) is 82.4 cm³/mol. The number of hydrogen-bond acceptors (Lipinski definition) is 3. The first-order chi connectivity index (χ1) is 9.45. The molecule has 0 bridgehead atoms. The average Bonchev–Trinajstić information content (AvgIpc) is 2.77. The Bertz CT molecular complexity index is 337. The SMILES string of the molecule is CC1CCC(CN)CN1C(=O)C(C)N1C(C)CCC1C. The summed E-state index contributed by atoms with van der Waals surface area (Å²) in [5.74, 6) is 0.784. The summed E-state index contributed by atoms with van der Waals surface area (Å²) in [7, 11) is 0. The third-order valence-electron chi connectivity index (χ3n) is 5.42. The van der Waals surface area contributed by atoms with Gasteiger partial charge in [0, 0.05) is 24.7 Å². The normalized spacial score (nSPS) is 37.1. The molecule has 2 N–H and O–H groups in total. The zero-order chi connectivity index (χ0) is 14.9. The molecule has 0 aliphatic carbocycles. The maximum atomic E-state index is 12.9. The van der Waals surface area contributed by atoms with Gasteiger partial charge in [-0.15, -0.1) is 0 Å². The summed E-state index contributed by atoms with van der Waals surface area (Å²) >= 11 is 0. The standard InChI is InChI=1S/C16H31N3O/c1-11-7-8-15(9-17)10-18(11)16(20)14(4)19-12(2)5-6-13(19)3/h11-15H,5-10,17H2,1-4H3. The zero-order valence-electron chi connectivity index (χ0n) is 13.5. The highest BCUT2D eigenvalue weighted by atomic mass is 16.2. The molecule has 0 aromatic carbocycles. The van der Waals surface area contributed by atoms with Gasteiger partial charge in [0.1, 0.15) is 0 Å². The Morgan fingerprint density at radius 2 is 1.65 bits per heavy atom. The fourth-order valence-electron chi connectivity index (χ4n) is 4.03. The van der Waals surface area contributed by atoms with E-state index >= 15 is 0 Å². The molecule has 0 spiro atoms. The number of piperidine rings is 1. The van der Waals surface area contributed by atoms with E-state index in [1.165, 1.54) is 12.8 Å². The minimum absolute atomic E-state index is 0.00137. The minimum atomic E-state index is 0.00137. The molecule has 0 aromatic heterocycles. The third-order valence-corrected chi connectivity index (χ3v) is 5.42. The molecule has 1 amide bonds. The Balaban J connectivity index is 2.05. The van der Waals surface area contributed by atoms with Crippen molar-refractivity contribution >= 4 is 5.91 Å². The number of hydrogen-bond donors (Lipinski definition) is 1. The van der Waals surface area contributed by atoms with Crippen molar-refractivity contribution < 1.29 is 4.79 Å². The summed E-state index contributed by atoms with van der Waals surface area (Å²) in [6.45, 7) is 10.3. The maximum absolute atomic E-state index is 12.9. The lowest BCUT2D eigenvalue weighted by Gasteiger charge is -2.42. The highest BCUT2D eigenvalue weighted by Crippen LogP contribution is 2.28. The monoisotopic (exact) mass is 281 g/mol. The van der Waals surface area contributed by atoms with Gasteiger partial charge in [-0.25, -0.2) is 0 Å². The van der Waals surface area contributed by atoms with Gasteiger partial charge in [0.25, 0.3) is 0 Å². The second kappa shape index (κ2) is 6.44. The van der Waals surface area contributed by atoms with Crippen molar-refractivity contribution in [1.29, 1.82) is 0 Å². The molecule has 2 aliphatic heterocycles. The molecule has 0 saturated carbocycles. The first-order valence-electron chi connectivity index (χ1n) is 8.23. The van der Waals surface area contributed by atoms with Crippen LogP contribution >= 0.6 is 0 Å². The fourth-order valence-corrected chi connectivity index (χ4v) is 4.03. The quantitative estimate of drug-likeness (QED) is 0.858. The Morgan fingerprint density at radius 1 is 1.10 bits per heavy atom. The van der Waals surface area contributed by atoms with Gasteiger partial charge in [0.05, 0.1) is 6.04 Å². The number of rotatable bonds is 3. The fraction of sp³-hybridized carbons (Fsp3) is 0.938. The van der Waals surface area contributed by atoms with E-state index in [0.717, 1.165) is 19.4 Å². The molecule has 0 radical (unpaired) electrons. The van der Waals surface area contributed by atoms with Gasteiger partial charge in [-0.3, -0.25) is 9.69 Å². The lowest BCUT2D eigenvalue weighted by atomic mass is 9.93. The lowest BCUT2D eigenvalue weighted by molar-refractivity contribution is -0.141. The van der Waals surface area contributed by atoms with Gasteiger partial charge in [0.2, 0.25) is 5.91 Å². The summed E-state index contributed by atoms with van der Waals surface area (Å²) in [6, 6.07) is 1.41. The van der Waals surface area contributed by atoms with E-state index in [9.17, 15) is 4.79 Å². The molecular weight excluding hydrogens is 250 g/mol. The Labute approximate surface area is 123 Å². The van der Waals surface area contributed by atoms with Crippen LogP contribution in [0.1, 0.15) is 53.4 Å². The van der Waals surface area contributed by atoms with Crippen molar-refractivity contribution in [3.8, 4) is 0 Å². The van der Waals surface area contributed by atoms with Gasteiger partial charge in [0.15, 0.2) is 0 Å². The van der Waals surface area contributed by atoms with E-state index in [2.05, 4.69) is 37.5 Å². The Kier molecular flexibility index (Phi) is 5.08. The molecule has 0 aromatic rings. The molecule has 20 heavy (non-hydrogen) atoms. The molecule has 2 fully saturated rings. The number of amides is 1. The van der Waals surface area contributed by atoms with Crippen LogP contribution in [0, 0.1) is 5.92 Å². The van der Waals surface area contributed by atoms with E-state index in [0.29, 0.717) is 36.5 Å². The molecule has 2 heterocycles. The highest BCUT2D eigenvalue weighted by Gasteiger charge is 2.38. The van der Waals surface area contributed by atoms with Crippen LogP contribution in [0.25, 0.3) is 0 Å². The summed E-state index contributed by atoms with van der Waals surface area (Å²) < 4.78 is 0. The van der Waals surface area contributed by atoms with Crippen molar-refractivity contribution in [3.63, 3.8) is 0 Å². The molecule has 4 nitrogen and oxygen atoms in total. The van der Waals surface area contributed by atoms with Crippen LogP contribution in [0.15, 0.2) is 0 Å². The van der Waals surface area contributed by atoms with Crippen LogP contribution in [0.2, 0.25) is 0 Å². The predicted octanol–water partition coefficient (Wildman–Crippen LogP) is 1.83. The van der Waals surface area contributed by atoms with Gasteiger partial charge in [-0.1, -0.05) is 0 Å². The van der Waals surface area contributed by atoms with Crippen LogP contribution in [0.4, 0.5) is 0 Å². The molecule has 2 saturated heterocycles. The molecule has 2 aliphatic rings. The van der Waals surface area contributed by atoms with Crippen molar-refractivity contribution in [1.82, 2.24) is 9.80 Å². The first-order valence-corrected chi connectivity index (χ1v) is 8.23. The van der Waals surface area contributed by atoms with E-state index in [-0.39, 0.29) is 6.04 Å². The first kappa shape index (κ1) is 15.8. The number of carbonyl (C=O) groups excluding carboxylic acids is 1. The van der Waals surface area contributed by atoms with Crippen LogP contribution < -0.4 is 5.73 Å². The average molecular weight is 281 g/mol. The van der Waals surface area contributed by atoms with E-state index < -0.39 is 0 Å². The van der Waals surface area contributed by atoms with Crippen molar-refractivity contribution in [3.05, 3.63) is 0 Å². The molecule has 116 valence electrons. The molecular formula is C16H31N3O.